The smallest absolute Gasteiger partial charge is 0.385 e. The molecule has 0 aliphatic carbocycles. The third kappa shape index (κ3) is 7.28. The fraction of sp³-hybridized carbons (Fsp3) is 0.257. The molecule has 0 saturated carbocycles. The maximum Gasteiger partial charge on any atom is 0.491 e. The van der Waals surface area contributed by atoms with Crippen LogP contribution in [0.15, 0.2) is 72.9 Å². The van der Waals surface area contributed by atoms with E-state index in [9.17, 15) is 27.6 Å². The van der Waals surface area contributed by atoms with Gasteiger partial charge in [0.25, 0.3) is 5.91 Å². The summed E-state index contributed by atoms with van der Waals surface area (Å²) in [5, 5.41) is 8.01. The summed E-state index contributed by atoms with van der Waals surface area (Å²) in [5.74, 6) is -5.57. The Bertz CT molecular complexity index is 2050. The van der Waals surface area contributed by atoms with Crippen LogP contribution in [0, 0.1) is 5.92 Å². The highest BCUT2D eigenvalue weighted by Crippen LogP contribution is 2.31. The third-order valence-corrected chi connectivity index (χ3v) is 7.96. The molecule has 1 N–H and O–H groups in total. The van der Waals surface area contributed by atoms with E-state index >= 15 is 0 Å². The van der Waals surface area contributed by atoms with Gasteiger partial charge in [0, 0.05) is 29.6 Å². The Morgan fingerprint density at radius 3 is 2.39 bits per heavy atom. The number of carbonyl (C=O) groups excluding carboxylic acids is 3. The van der Waals surface area contributed by atoms with Gasteiger partial charge in [-0.2, -0.15) is 18.3 Å². The number of nitrogens with one attached hydrogen (secondary N) is 1. The molecule has 3 aromatic heterocycles. The number of imidazole rings is 1. The molecule has 1 amide bonds. The molecule has 6 rings (SSSR count). The molecule has 0 spiro atoms. The fourth-order valence-corrected chi connectivity index (χ4v) is 5.44. The Balaban J connectivity index is 1.33. The highest BCUT2D eigenvalue weighted by atomic mass is 19.4. The lowest BCUT2D eigenvalue weighted by molar-refractivity contribution is -0.202. The number of aromatic nitrogens is 4. The summed E-state index contributed by atoms with van der Waals surface area (Å²) in [6.07, 6.45) is 0.0546. The number of morpholine rings is 1. The Hall–Kier alpha value is -5.63. The van der Waals surface area contributed by atoms with Gasteiger partial charge in [0.1, 0.15) is 11.7 Å². The van der Waals surface area contributed by atoms with E-state index in [0.29, 0.717) is 48.9 Å². The number of halogens is 3. The van der Waals surface area contributed by atoms with Crippen molar-refractivity contribution in [3.63, 3.8) is 0 Å². The predicted octanol–water partition coefficient (Wildman–Crippen LogP) is 5.34. The lowest BCUT2D eigenvalue weighted by Crippen LogP contribution is -2.47. The molecule has 1 aliphatic rings. The van der Waals surface area contributed by atoms with Gasteiger partial charge in [-0.1, -0.05) is 50.2 Å². The lowest BCUT2D eigenvalue weighted by atomic mass is 10.0. The number of fused-ring (bicyclic) bond motifs is 2. The minimum Gasteiger partial charge on any atom is -0.385 e. The first-order valence-electron chi connectivity index (χ1n) is 15.5. The Labute approximate surface area is 278 Å². The standard InChI is InChI=1S/C35H31F3N6O5/c1-21(2)29(33(46)49-34(47)35(36,37)38)42-32(45)24-9-7-23(8-10-24)30-27(14-13-25-12-11-22-5-3-4-6-26(22)40-25)41-31-28(15-16-39-44(30)31)43-17-19-48-20-18-43/h3-16,21,29H,17-20H2,1-2H3,(H,42,45)/b14-13+/t29-/m0/s1. The normalized spacial score (nSPS) is 14.4. The number of alkyl halides is 3. The highest BCUT2D eigenvalue weighted by molar-refractivity contribution is 5.99. The Morgan fingerprint density at radius 1 is 0.939 bits per heavy atom. The molecule has 1 fully saturated rings. The number of anilines is 1. The second-order valence-electron chi connectivity index (χ2n) is 11.6. The number of rotatable bonds is 8. The average Bonchev–Trinajstić information content (AvgIpc) is 3.48. The van der Waals surface area contributed by atoms with Crippen LogP contribution >= 0.6 is 0 Å². The van der Waals surface area contributed by atoms with Crippen molar-refractivity contribution in [2.75, 3.05) is 31.2 Å². The van der Waals surface area contributed by atoms with E-state index in [1.54, 1.807) is 22.8 Å². The van der Waals surface area contributed by atoms with Gasteiger partial charge in [0.2, 0.25) is 0 Å². The molecule has 2 aromatic carbocycles. The molecule has 4 heterocycles. The van der Waals surface area contributed by atoms with Crippen molar-refractivity contribution in [3.8, 4) is 11.3 Å². The first-order valence-corrected chi connectivity index (χ1v) is 15.5. The number of esters is 2. The molecular weight excluding hydrogens is 641 g/mol. The molecule has 49 heavy (non-hydrogen) atoms. The number of ether oxygens (including phenoxy) is 2. The summed E-state index contributed by atoms with van der Waals surface area (Å²) < 4.78 is 49.2. The summed E-state index contributed by atoms with van der Waals surface area (Å²) in [4.78, 5) is 48.6. The molecule has 0 radical (unpaired) electrons. The molecule has 1 saturated heterocycles. The number of nitrogens with zero attached hydrogens (tertiary/aromatic N) is 5. The van der Waals surface area contributed by atoms with E-state index in [2.05, 4.69) is 20.1 Å². The minimum atomic E-state index is -5.35. The zero-order valence-corrected chi connectivity index (χ0v) is 26.5. The number of para-hydroxylation sites is 1. The van der Waals surface area contributed by atoms with Crippen LogP contribution in [-0.4, -0.2) is 75.9 Å². The van der Waals surface area contributed by atoms with E-state index in [4.69, 9.17) is 14.7 Å². The van der Waals surface area contributed by atoms with E-state index in [-0.39, 0.29) is 5.56 Å². The number of amides is 1. The molecule has 0 bridgehead atoms. The van der Waals surface area contributed by atoms with Crippen LogP contribution in [0.2, 0.25) is 0 Å². The maximum atomic E-state index is 13.1. The lowest BCUT2D eigenvalue weighted by Gasteiger charge is -2.28. The Morgan fingerprint density at radius 2 is 1.67 bits per heavy atom. The quantitative estimate of drug-likeness (QED) is 0.172. The number of hydrogen-bond acceptors (Lipinski definition) is 9. The van der Waals surface area contributed by atoms with Gasteiger partial charge in [-0.15, -0.1) is 0 Å². The average molecular weight is 673 g/mol. The molecule has 0 unspecified atom stereocenters. The summed E-state index contributed by atoms with van der Waals surface area (Å²) in [6, 6.07) is 18.5. The Kier molecular flexibility index (Phi) is 9.40. The van der Waals surface area contributed by atoms with Crippen molar-refractivity contribution in [2.45, 2.75) is 26.1 Å². The van der Waals surface area contributed by atoms with E-state index in [1.807, 2.05) is 54.6 Å². The molecule has 14 heteroatoms. The van der Waals surface area contributed by atoms with Gasteiger partial charge in [0.15, 0.2) is 5.65 Å². The first kappa shape index (κ1) is 33.3. The van der Waals surface area contributed by atoms with Crippen molar-refractivity contribution in [2.24, 2.45) is 5.92 Å². The van der Waals surface area contributed by atoms with Gasteiger partial charge in [-0.25, -0.2) is 24.1 Å². The van der Waals surface area contributed by atoms with Crippen LogP contribution in [0.25, 0.3) is 40.0 Å². The molecular formula is C35H31F3N6O5. The van der Waals surface area contributed by atoms with Crippen molar-refractivity contribution in [1.29, 1.82) is 0 Å². The minimum absolute atomic E-state index is 0.123. The van der Waals surface area contributed by atoms with Crippen LogP contribution in [0.4, 0.5) is 18.9 Å². The number of hydrogen-bond donors (Lipinski definition) is 1. The zero-order chi connectivity index (χ0) is 34.7. The van der Waals surface area contributed by atoms with Gasteiger partial charge in [-0.05, 0) is 48.4 Å². The molecule has 252 valence electrons. The van der Waals surface area contributed by atoms with Gasteiger partial charge < -0.3 is 19.7 Å². The number of pyridine rings is 1. The summed E-state index contributed by atoms with van der Waals surface area (Å²) in [6.45, 7) is 5.54. The van der Waals surface area contributed by atoms with Crippen LogP contribution < -0.4 is 10.2 Å². The van der Waals surface area contributed by atoms with Crippen LogP contribution in [-0.2, 0) is 19.1 Å². The van der Waals surface area contributed by atoms with Crippen LogP contribution in [0.3, 0.4) is 0 Å². The third-order valence-electron chi connectivity index (χ3n) is 7.96. The summed E-state index contributed by atoms with van der Waals surface area (Å²) >= 11 is 0. The van der Waals surface area contributed by atoms with E-state index in [1.165, 1.54) is 26.0 Å². The van der Waals surface area contributed by atoms with E-state index in [0.717, 1.165) is 22.3 Å². The largest absolute Gasteiger partial charge is 0.491 e. The SMILES string of the molecule is CC(C)[C@H](NC(=O)c1ccc(-c2c(/C=C/c3ccc4ccccc4n3)nc3c(N4CCOCC4)ccnn23)cc1)C(=O)OC(=O)C(F)(F)F. The van der Waals surface area contributed by atoms with Crippen molar-refractivity contribution in [3.05, 3.63) is 89.9 Å². The second kappa shape index (κ2) is 13.8. The predicted molar refractivity (Wildman–Crippen MR) is 175 cm³/mol. The first-order chi connectivity index (χ1) is 23.5. The monoisotopic (exact) mass is 672 g/mol. The number of benzene rings is 2. The van der Waals surface area contributed by atoms with Crippen molar-refractivity contribution in [1.82, 2.24) is 24.9 Å². The molecule has 1 aliphatic heterocycles. The van der Waals surface area contributed by atoms with Crippen LogP contribution in [0.5, 0.6) is 0 Å². The highest BCUT2D eigenvalue weighted by Gasteiger charge is 2.44. The van der Waals surface area contributed by atoms with Crippen molar-refractivity contribution < 1.29 is 37.0 Å². The molecule has 11 nitrogen and oxygen atoms in total. The second-order valence-corrected chi connectivity index (χ2v) is 11.6. The molecule has 1 atom stereocenters. The topological polar surface area (TPSA) is 128 Å². The fourth-order valence-electron chi connectivity index (χ4n) is 5.44. The zero-order valence-electron chi connectivity index (χ0n) is 26.5. The van der Waals surface area contributed by atoms with Gasteiger partial charge >= 0.3 is 18.1 Å². The van der Waals surface area contributed by atoms with E-state index < -0.39 is 36.0 Å². The van der Waals surface area contributed by atoms with Gasteiger partial charge in [-0.3, -0.25) is 4.79 Å². The number of carbonyl (C=O) groups is 3. The summed E-state index contributed by atoms with van der Waals surface area (Å²) in [7, 11) is 0. The van der Waals surface area contributed by atoms with Gasteiger partial charge in [0.05, 0.1) is 42.0 Å². The summed E-state index contributed by atoms with van der Waals surface area (Å²) in [5.41, 5.74) is 5.11. The molecule has 5 aromatic rings. The van der Waals surface area contributed by atoms with Crippen LogP contribution in [0.1, 0.15) is 35.6 Å². The maximum absolute atomic E-state index is 13.1. The van der Waals surface area contributed by atoms with Crippen molar-refractivity contribution >= 4 is 52.2 Å².